The van der Waals surface area contributed by atoms with E-state index in [0.29, 0.717) is 0 Å². The van der Waals surface area contributed by atoms with Crippen LogP contribution >= 0.6 is 12.4 Å². The molecule has 0 aromatic rings. The van der Waals surface area contributed by atoms with Crippen molar-refractivity contribution in [3.05, 3.63) is 0 Å². The molecule has 0 aromatic carbocycles. The largest absolute Gasteiger partial charge is 0.344 e. The van der Waals surface area contributed by atoms with Crippen molar-refractivity contribution in [1.82, 2.24) is 11.1 Å². The monoisotopic (exact) mass is 360 g/mol. The molecule has 0 aromatic heterocycles. The Hall–Kier alpha value is 0.210. The highest BCUT2D eigenvalue weighted by Gasteiger charge is 2.38. The molecule has 3 saturated heterocycles. The third-order valence-corrected chi connectivity index (χ3v) is 6.44. The van der Waals surface area contributed by atoms with Crippen molar-refractivity contribution in [1.29, 1.82) is 0 Å². The summed E-state index contributed by atoms with van der Waals surface area (Å²) in [5.41, 5.74) is 0.785. The predicted molar refractivity (Wildman–Crippen MR) is 111 cm³/mol. The van der Waals surface area contributed by atoms with E-state index in [2.05, 4.69) is 11.8 Å². The summed E-state index contributed by atoms with van der Waals surface area (Å²) < 4.78 is 0. The van der Waals surface area contributed by atoms with E-state index in [1.165, 1.54) is 122 Å². The SMILES string of the molecule is CCCCCCCCCCCCCCC12CCN(CC1)CC2.Cl.N. The van der Waals surface area contributed by atoms with E-state index >= 15 is 0 Å². The summed E-state index contributed by atoms with van der Waals surface area (Å²) >= 11 is 0. The molecule has 2 bridgehead atoms. The molecule has 0 unspecified atom stereocenters. The molecule has 3 rings (SSSR count). The maximum Gasteiger partial charge on any atom is -0.00134 e. The molecule has 3 N–H and O–H groups in total. The van der Waals surface area contributed by atoms with Crippen LogP contribution in [0.2, 0.25) is 0 Å². The summed E-state index contributed by atoms with van der Waals surface area (Å²) in [6, 6.07) is 0. The van der Waals surface area contributed by atoms with Gasteiger partial charge in [0.05, 0.1) is 0 Å². The minimum Gasteiger partial charge on any atom is -0.344 e. The predicted octanol–water partition coefficient (Wildman–Crippen LogP) is 7.15. The molecule has 3 heterocycles. The summed E-state index contributed by atoms with van der Waals surface area (Å²) in [6.07, 6.45) is 23.8. The van der Waals surface area contributed by atoms with E-state index in [9.17, 15) is 0 Å². The third kappa shape index (κ3) is 9.06. The summed E-state index contributed by atoms with van der Waals surface area (Å²) in [6.45, 7) is 6.51. The van der Waals surface area contributed by atoms with E-state index in [1.54, 1.807) is 0 Å². The number of halogens is 1. The van der Waals surface area contributed by atoms with Crippen LogP contribution in [0.15, 0.2) is 0 Å². The van der Waals surface area contributed by atoms with E-state index < -0.39 is 0 Å². The van der Waals surface area contributed by atoms with Gasteiger partial charge < -0.3 is 11.1 Å². The van der Waals surface area contributed by atoms with Crippen LogP contribution in [0.4, 0.5) is 0 Å². The highest BCUT2D eigenvalue weighted by Crippen LogP contribution is 2.43. The number of fused-ring (bicyclic) bond motifs is 3. The number of unbranched alkanes of at least 4 members (excludes halogenated alkanes) is 11. The van der Waals surface area contributed by atoms with Gasteiger partial charge in [0.15, 0.2) is 0 Å². The highest BCUT2D eigenvalue weighted by molar-refractivity contribution is 5.85. The van der Waals surface area contributed by atoms with Gasteiger partial charge in [-0.1, -0.05) is 84.0 Å². The van der Waals surface area contributed by atoms with Crippen molar-refractivity contribution in [2.45, 2.75) is 110 Å². The van der Waals surface area contributed by atoms with Gasteiger partial charge in [0, 0.05) is 0 Å². The van der Waals surface area contributed by atoms with Gasteiger partial charge in [-0.25, -0.2) is 0 Å². The zero-order valence-corrected chi connectivity index (χ0v) is 17.3. The van der Waals surface area contributed by atoms with Crippen molar-refractivity contribution >= 4 is 12.4 Å². The van der Waals surface area contributed by atoms with Crippen LogP contribution in [0.1, 0.15) is 110 Å². The second-order valence-corrected chi connectivity index (χ2v) is 8.23. The molecule has 2 nitrogen and oxygen atoms in total. The van der Waals surface area contributed by atoms with Crippen LogP contribution in [0.5, 0.6) is 0 Å². The van der Waals surface area contributed by atoms with Crippen LogP contribution in [0.25, 0.3) is 0 Å². The molecule has 0 saturated carbocycles. The fourth-order valence-corrected chi connectivity index (χ4v) is 4.61. The maximum atomic E-state index is 2.67. The van der Waals surface area contributed by atoms with Gasteiger partial charge in [-0.05, 0) is 50.7 Å². The number of hydrogen-bond donors (Lipinski definition) is 1. The number of piperidine rings is 3. The molecule has 0 amide bonds. The Bertz CT molecular complexity index is 261. The summed E-state index contributed by atoms with van der Waals surface area (Å²) in [4.78, 5) is 2.67. The highest BCUT2D eigenvalue weighted by atomic mass is 35.5. The van der Waals surface area contributed by atoms with Gasteiger partial charge >= 0.3 is 0 Å². The molecule has 0 spiro atoms. The van der Waals surface area contributed by atoms with Gasteiger partial charge in [-0.2, -0.15) is 0 Å². The van der Waals surface area contributed by atoms with Crippen LogP contribution < -0.4 is 6.15 Å². The van der Waals surface area contributed by atoms with Gasteiger partial charge in [0.1, 0.15) is 0 Å². The quantitative estimate of drug-likeness (QED) is 0.354. The molecule has 0 aliphatic carbocycles. The van der Waals surface area contributed by atoms with Crippen LogP contribution in [0.3, 0.4) is 0 Å². The Kier molecular flexibility index (Phi) is 14.5. The van der Waals surface area contributed by atoms with Gasteiger partial charge in [-0.3, -0.25) is 0 Å². The molecule has 3 fully saturated rings. The average molecular weight is 361 g/mol. The van der Waals surface area contributed by atoms with Crippen LogP contribution in [-0.2, 0) is 0 Å². The van der Waals surface area contributed by atoms with E-state index in [1.807, 2.05) is 0 Å². The smallest absolute Gasteiger partial charge is 0.00134 e. The van der Waals surface area contributed by atoms with Gasteiger partial charge in [0.25, 0.3) is 0 Å². The average Bonchev–Trinajstić information content (AvgIpc) is 2.57. The molecule has 3 heteroatoms. The Balaban J connectivity index is 0.00000264. The molecule has 24 heavy (non-hydrogen) atoms. The molecular weight excluding hydrogens is 316 g/mol. The lowest BCUT2D eigenvalue weighted by Gasteiger charge is -2.48. The van der Waals surface area contributed by atoms with E-state index in [-0.39, 0.29) is 18.6 Å². The Morgan fingerprint density at radius 3 is 1.42 bits per heavy atom. The van der Waals surface area contributed by atoms with Crippen LogP contribution in [0, 0.1) is 5.41 Å². The zero-order chi connectivity index (χ0) is 15.5. The van der Waals surface area contributed by atoms with Crippen molar-refractivity contribution in [3.8, 4) is 0 Å². The van der Waals surface area contributed by atoms with Gasteiger partial charge in [0.2, 0.25) is 0 Å². The second kappa shape index (κ2) is 14.4. The fraction of sp³-hybridized carbons (Fsp3) is 1.00. The summed E-state index contributed by atoms with van der Waals surface area (Å²) in [7, 11) is 0. The Morgan fingerprint density at radius 1 is 0.625 bits per heavy atom. The van der Waals surface area contributed by atoms with Crippen molar-refractivity contribution in [3.63, 3.8) is 0 Å². The Labute approximate surface area is 158 Å². The first-order valence-electron chi connectivity index (χ1n) is 10.6. The third-order valence-electron chi connectivity index (χ3n) is 6.44. The second-order valence-electron chi connectivity index (χ2n) is 8.23. The van der Waals surface area contributed by atoms with Crippen molar-refractivity contribution in [2.75, 3.05) is 19.6 Å². The molecule has 3 aliphatic rings. The minimum absolute atomic E-state index is 0. The number of hydrogen-bond acceptors (Lipinski definition) is 2. The summed E-state index contributed by atoms with van der Waals surface area (Å²) in [5.74, 6) is 0. The lowest BCUT2D eigenvalue weighted by atomic mass is 9.69. The molecule has 3 aliphatic heterocycles. The first-order valence-corrected chi connectivity index (χ1v) is 10.6. The lowest BCUT2D eigenvalue weighted by Crippen LogP contribution is -2.48. The molecule has 0 radical (unpaired) electrons. The van der Waals surface area contributed by atoms with Crippen molar-refractivity contribution in [2.24, 2.45) is 5.41 Å². The number of nitrogens with zero attached hydrogens (tertiary/aromatic N) is 1. The standard InChI is InChI=1S/C21H41N.ClH.H3N/c1-2-3-4-5-6-7-8-9-10-11-12-13-14-21-15-18-22(19-16-21)20-17-21;;/h2-20H2,1H3;1H;1H3. The zero-order valence-electron chi connectivity index (χ0n) is 16.5. The van der Waals surface area contributed by atoms with E-state index in [4.69, 9.17) is 0 Å². The first-order chi connectivity index (χ1) is 10.8. The Morgan fingerprint density at radius 2 is 1.00 bits per heavy atom. The van der Waals surface area contributed by atoms with Crippen LogP contribution in [-0.4, -0.2) is 24.5 Å². The maximum absolute atomic E-state index is 2.67. The van der Waals surface area contributed by atoms with Gasteiger partial charge in [-0.15, -0.1) is 12.4 Å². The summed E-state index contributed by atoms with van der Waals surface area (Å²) in [5, 5.41) is 0. The topological polar surface area (TPSA) is 38.2 Å². The molecule has 0 atom stereocenters. The first kappa shape index (κ1) is 24.2. The minimum atomic E-state index is 0. The normalized spacial score (nSPS) is 25.1. The fourth-order valence-electron chi connectivity index (χ4n) is 4.61. The van der Waals surface area contributed by atoms with E-state index in [0.717, 1.165) is 5.41 Å². The molecule has 146 valence electrons. The molecular formula is C21H45ClN2. The van der Waals surface area contributed by atoms with Crippen molar-refractivity contribution < 1.29 is 0 Å². The lowest BCUT2D eigenvalue weighted by molar-refractivity contribution is 0.0180. The number of rotatable bonds is 13.